The molecule has 41 heavy (non-hydrogen) atoms. The molecule has 1 fully saturated rings. The highest BCUT2D eigenvalue weighted by Crippen LogP contribution is 2.32. The van der Waals surface area contributed by atoms with E-state index in [4.69, 9.17) is 16.3 Å². The first-order chi connectivity index (χ1) is 19.4. The first kappa shape index (κ1) is 31.4. The van der Waals surface area contributed by atoms with Gasteiger partial charge in [0.25, 0.3) is 15.9 Å². The summed E-state index contributed by atoms with van der Waals surface area (Å²) in [6.45, 7) is 2.83. The SMILES string of the molecule is Cc1nc(N2CCC[C@@H](N(C)C)C2)sc1S(=O)(=O)N[C@@H](CNC(=O)c1ccc(Cl)s1)C(=O)OCCc1nccn1C. The van der Waals surface area contributed by atoms with Gasteiger partial charge >= 0.3 is 5.97 Å². The molecule has 224 valence electrons. The Hall–Kier alpha value is -2.56. The van der Waals surface area contributed by atoms with Gasteiger partial charge in [-0.25, -0.2) is 18.4 Å². The third-order valence-electron chi connectivity index (χ3n) is 6.72. The fourth-order valence-corrected chi connectivity index (χ4v) is 8.11. The molecular weight excluding hydrogens is 610 g/mol. The lowest BCUT2D eigenvalue weighted by Gasteiger charge is -2.35. The number of rotatable bonds is 12. The number of aromatic nitrogens is 3. The third-order valence-corrected chi connectivity index (χ3v) is 11.3. The number of imidazole rings is 1. The highest BCUT2D eigenvalue weighted by atomic mass is 35.5. The number of piperidine rings is 1. The van der Waals surface area contributed by atoms with Crippen LogP contribution in [0.4, 0.5) is 5.13 Å². The number of carbonyl (C=O) groups is 2. The van der Waals surface area contributed by atoms with Gasteiger partial charge in [0.15, 0.2) is 9.34 Å². The Bertz CT molecular complexity index is 1470. The molecule has 0 saturated carbocycles. The van der Waals surface area contributed by atoms with Crippen molar-refractivity contribution in [2.45, 2.75) is 42.5 Å². The molecule has 0 radical (unpaired) electrons. The number of likely N-dealkylation sites (N-methyl/N-ethyl adjacent to an activating group) is 1. The number of hydrogen-bond acceptors (Lipinski definition) is 11. The van der Waals surface area contributed by atoms with Crippen molar-refractivity contribution < 1.29 is 22.7 Å². The summed E-state index contributed by atoms with van der Waals surface area (Å²) in [7, 11) is 1.70. The lowest BCUT2D eigenvalue weighted by molar-refractivity contribution is -0.145. The molecule has 1 saturated heterocycles. The molecule has 12 nitrogen and oxygen atoms in total. The second-order valence-corrected chi connectivity index (χ2v) is 14.5. The number of anilines is 1. The van der Waals surface area contributed by atoms with Gasteiger partial charge in [-0.3, -0.25) is 9.59 Å². The number of hydrogen-bond donors (Lipinski definition) is 2. The minimum atomic E-state index is -4.18. The van der Waals surface area contributed by atoms with Crippen LogP contribution in [0.3, 0.4) is 0 Å². The van der Waals surface area contributed by atoms with Crippen LogP contribution in [0.25, 0.3) is 0 Å². The number of sulfonamides is 1. The van der Waals surface area contributed by atoms with E-state index in [2.05, 4.69) is 29.8 Å². The van der Waals surface area contributed by atoms with Crippen molar-refractivity contribution in [2.75, 3.05) is 45.2 Å². The van der Waals surface area contributed by atoms with Crippen LogP contribution in [0.5, 0.6) is 0 Å². The highest BCUT2D eigenvalue weighted by molar-refractivity contribution is 7.91. The summed E-state index contributed by atoms with van der Waals surface area (Å²) < 4.78 is 37.2. The minimum Gasteiger partial charge on any atom is -0.464 e. The Kier molecular flexibility index (Phi) is 10.4. The molecule has 4 heterocycles. The van der Waals surface area contributed by atoms with Crippen molar-refractivity contribution >= 4 is 61.3 Å². The van der Waals surface area contributed by atoms with E-state index in [1.807, 2.05) is 21.1 Å². The molecule has 3 aromatic rings. The number of ether oxygens (including phenoxy) is 1. The molecule has 0 unspecified atom stereocenters. The van der Waals surface area contributed by atoms with Crippen LogP contribution in [0.15, 0.2) is 28.7 Å². The number of carbonyl (C=O) groups excluding carboxylic acids is 2. The van der Waals surface area contributed by atoms with E-state index in [1.165, 1.54) is 0 Å². The van der Waals surface area contributed by atoms with Gasteiger partial charge in [0.2, 0.25) is 0 Å². The maximum atomic E-state index is 13.5. The summed E-state index contributed by atoms with van der Waals surface area (Å²) >= 11 is 8.07. The van der Waals surface area contributed by atoms with Gasteiger partial charge in [0, 0.05) is 51.5 Å². The van der Waals surface area contributed by atoms with E-state index in [9.17, 15) is 18.0 Å². The number of amides is 1. The number of aryl methyl sites for hydroxylation is 2. The number of nitrogens with one attached hydrogen (secondary N) is 2. The molecule has 0 aromatic carbocycles. The molecule has 2 N–H and O–H groups in total. The Balaban J connectivity index is 1.48. The summed E-state index contributed by atoms with van der Waals surface area (Å²) in [4.78, 5) is 39.0. The van der Waals surface area contributed by atoms with E-state index < -0.39 is 27.9 Å². The quantitative estimate of drug-likeness (QED) is 0.285. The second-order valence-electron chi connectivity index (χ2n) is 9.93. The van der Waals surface area contributed by atoms with Crippen LogP contribution in [-0.4, -0.2) is 92.1 Å². The maximum absolute atomic E-state index is 13.5. The Morgan fingerprint density at radius 3 is 2.73 bits per heavy atom. The standard InChI is InChI=1S/C25H34ClN7O5S3/c1-16-24(40-25(29-16)33-11-5-6-17(15-33)31(2)3)41(36,37)30-18(14-28-22(34)19-7-8-20(26)39-19)23(35)38-13-9-21-27-10-12-32(21)4/h7-8,10,12,17-18,30H,5-6,9,11,13-15H2,1-4H3,(H,28,34)/t17-,18+/m1/s1. The van der Waals surface area contributed by atoms with Gasteiger partial charge in [-0.1, -0.05) is 22.9 Å². The smallest absolute Gasteiger partial charge is 0.326 e. The van der Waals surface area contributed by atoms with Crippen molar-refractivity contribution in [1.29, 1.82) is 0 Å². The lowest BCUT2D eigenvalue weighted by atomic mass is 10.1. The normalized spacial score (nSPS) is 16.6. The van der Waals surface area contributed by atoms with Crippen molar-refractivity contribution in [3.63, 3.8) is 0 Å². The van der Waals surface area contributed by atoms with E-state index in [1.54, 1.807) is 36.0 Å². The van der Waals surface area contributed by atoms with E-state index in [0.29, 0.717) is 38.3 Å². The summed E-state index contributed by atoms with van der Waals surface area (Å²) in [5.41, 5.74) is 0.337. The topological polar surface area (TPSA) is 139 Å². The second kappa shape index (κ2) is 13.6. The molecule has 0 bridgehead atoms. The monoisotopic (exact) mass is 643 g/mol. The summed E-state index contributed by atoms with van der Waals surface area (Å²) in [6.07, 6.45) is 5.79. The van der Waals surface area contributed by atoms with Crippen LogP contribution in [0.2, 0.25) is 4.34 Å². The Morgan fingerprint density at radius 2 is 2.07 bits per heavy atom. The van der Waals surface area contributed by atoms with Gasteiger partial charge in [-0.15, -0.1) is 11.3 Å². The van der Waals surface area contributed by atoms with Gasteiger partial charge in [-0.05, 0) is 46.0 Å². The Labute approximate surface area is 252 Å². The molecule has 1 aliphatic rings. The van der Waals surface area contributed by atoms with Gasteiger partial charge in [-0.2, -0.15) is 4.72 Å². The summed E-state index contributed by atoms with van der Waals surface area (Å²) in [6, 6.07) is 2.10. The number of esters is 1. The van der Waals surface area contributed by atoms with Gasteiger partial charge < -0.3 is 24.4 Å². The highest BCUT2D eigenvalue weighted by Gasteiger charge is 2.32. The van der Waals surface area contributed by atoms with Crippen molar-refractivity contribution in [1.82, 2.24) is 29.5 Å². The molecule has 3 aromatic heterocycles. The first-order valence-electron chi connectivity index (χ1n) is 13.0. The molecule has 0 spiro atoms. The molecular formula is C25H34ClN7O5S3. The molecule has 1 aliphatic heterocycles. The van der Waals surface area contributed by atoms with Crippen LogP contribution in [0, 0.1) is 6.92 Å². The molecule has 2 atom stereocenters. The van der Waals surface area contributed by atoms with Gasteiger partial charge in [0.05, 0.1) is 21.5 Å². The minimum absolute atomic E-state index is 0.0118. The largest absolute Gasteiger partial charge is 0.464 e. The maximum Gasteiger partial charge on any atom is 0.326 e. The van der Waals surface area contributed by atoms with Crippen LogP contribution >= 0.6 is 34.3 Å². The van der Waals surface area contributed by atoms with E-state index in [0.717, 1.165) is 48.6 Å². The van der Waals surface area contributed by atoms with Crippen LogP contribution in [0.1, 0.15) is 34.0 Å². The molecule has 4 rings (SSSR count). The number of halogens is 1. The molecule has 16 heteroatoms. The van der Waals surface area contributed by atoms with Crippen molar-refractivity contribution in [3.05, 3.63) is 45.3 Å². The average Bonchev–Trinajstić information content (AvgIpc) is 3.66. The third kappa shape index (κ3) is 8.05. The van der Waals surface area contributed by atoms with Crippen LogP contribution in [-0.2, 0) is 33.0 Å². The zero-order valence-corrected chi connectivity index (χ0v) is 26.5. The first-order valence-corrected chi connectivity index (χ1v) is 16.5. The summed E-state index contributed by atoms with van der Waals surface area (Å²) in [5.74, 6) is -0.594. The van der Waals surface area contributed by atoms with Crippen LogP contribution < -0.4 is 14.9 Å². The predicted molar refractivity (Wildman–Crippen MR) is 159 cm³/mol. The number of nitrogens with zero attached hydrogens (tertiary/aromatic N) is 5. The summed E-state index contributed by atoms with van der Waals surface area (Å²) in [5, 5.41) is 3.23. The average molecular weight is 644 g/mol. The molecule has 1 amide bonds. The predicted octanol–water partition coefficient (Wildman–Crippen LogP) is 2.29. The number of thiophene rings is 1. The van der Waals surface area contributed by atoms with Gasteiger partial charge in [0.1, 0.15) is 11.9 Å². The van der Waals surface area contributed by atoms with E-state index >= 15 is 0 Å². The lowest BCUT2D eigenvalue weighted by Crippen LogP contribution is -2.49. The zero-order valence-electron chi connectivity index (χ0n) is 23.3. The Morgan fingerprint density at radius 1 is 1.29 bits per heavy atom. The molecule has 0 aliphatic carbocycles. The fourth-order valence-electron chi connectivity index (χ4n) is 4.42. The number of thiazole rings is 1. The van der Waals surface area contributed by atoms with E-state index in [-0.39, 0.29) is 17.4 Å². The van der Waals surface area contributed by atoms with Crippen molar-refractivity contribution in [2.24, 2.45) is 7.05 Å². The zero-order chi connectivity index (χ0) is 29.7. The van der Waals surface area contributed by atoms with Crippen molar-refractivity contribution in [3.8, 4) is 0 Å². The fraction of sp³-hybridized carbons (Fsp3) is 0.520.